The van der Waals surface area contributed by atoms with Crippen molar-refractivity contribution in [3.05, 3.63) is 66.1 Å². The van der Waals surface area contributed by atoms with Crippen molar-refractivity contribution >= 4 is 0 Å². The van der Waals surface area contributed by atoms with Crippen LogP contribution in [-0.4, -0.2) is 35.0 Å². The molecule has 0 saturated carbocycles. The number of halogens is 3. The number of H-pyrrole nitrogens is 1. The van der Waals surface area contributed by atoms with Crippen LogP contribution in [0, 0.1) is 0 Å². The molecule has 1 N–H and O–H groups in total. The van der Waals surface area contributed by atoms with Gasteiger partial charge in [0, 0.05) is 29.6 Å². The molecule has 1 saturated heterocycles. The summed E-state index contributed by atoms with van der Waals surface area (Å²) in [6, 6.07) is 11.4. The Morgan fingerprint density at radius 2 is 1.71 bits per heavy atom. The Morgan fingerprint density at radius 3 is 2.39 bits per heavy atom. The zero-order valence-corrected chi connectivity index (χ0v) is 15.6. The summed E-state index contributed by atoms with van der Waals surface area (Å²) in [4.78, 5) is 9.82. The first kappa shape index (κ1) is 18.7. The van der Waals surface area contributed by atoms with E-state index in [0.29, 0.717) is 11.5 Å². The third kappa shape index (κ3) is 3.83. The summed E-state index contributed by atoms with van der Waals surface area (Å²) in [6.45, 7) is 2.04. The Morgan fingerprint density at radius 1 is 1.00 bits per heavy atom. The number of hydrogen-bond acceptors (Lipinski definition) is 2. The van der Waals surface area contributed by atoms with Gasteiger partial charge in [-0.3, -0.25) is 4.98 Å². The summed E-state index contributed by atoms with van der Waals surface area (Å²) in [5.74, 6) is 0.385. The first-order valence-corrected chi connectivity index (χ1v) is 9.41. The minimum Gasteiger partial charge on any atom is -0.358 e. The summed E-state index contributed by atoms with van der Waals surface area (Å²) in [7, 11) is 2.11. The second-order valence-corrected chi connectivity index (χ2v) is 7.41. The van der Waals surface area contributed by atoms with Crippen LogP contribution in [0.5, 0.6) is 0 Å². The average molecular weight is 385 g/mol. The lowest BCUT2D eigenvalue weighted by molar-refractivity contribution is -0.137. The molecular weight excluding hydrogens is 363 g/mol. The third-order valence-corrected chi connectivity index (χ3v) is 5.47. The largest absolute Gasteiger partial charge is 0.416 e. The van der Waals surface area contributed by atoms with Gasteiger partial charge in [0.05, 0.1) is 11.3 Å². The van der Waals surface area contributed by atoms with E-state index in [1.807, 2.05) is 12.1 Å². The van der Waals surface area contributed by atoms with Crippen molar-refractivity contribution in [2.24, 2.45) is 0 Å². The molecule has 6 heteroatoms. The number of rotatable bonds is 3. The summed E-state index contributed by atoms with van der Waals surface area (Å²) >= 11 is 0. The lowest BCUT2D eigenvalue weighted by Gasteiger charge is -2.28. The Hall–Kier alpha value is -2.60. The number of hydrogen-bond donors (Lipinski definition) is 1. The topological polar surface area (TPSA) is 31.9 Å². The number of pyridine rings is 1. The fourth-order valence-electron chi connectivity index (χ4n) is 3.85. The van der Waals surface area contributed by atoms with Crippen LogP contribution in [0.3, 0.4) is 0 Å². The lowest BCUT2D eigenvalue weighted by Crippen LogP contribution is -2.29. The maximum Gasteiger partial charge on any atom is 0.416 e. The molecular formula is C22H22F3N3. The van der Waals surface area contributed by atoms with E-state index >= 15 is 0 Å². The van der Waals surface area contributed by atoms with Gasteiger partial charge in [0.2, 0.25) is 0 Å². The van der Waals surface area contributed by atoms with Gasteiger partial charge in [0.15, 0.2) is 0 Å². The maximum atomic E-state index is 13.2. The van der Waals surface area contributed by atoms with Gasteiger partial charge >= 0.3 is 6.18 Å². The number of likely N-dealkylation sites (tertiary alicyclic amines) is 1. The highest BCUT2D eigenvalue weighted by Gasteiger charge is 2.31. The summed E-state index contributed by atoms with van der Waals surface area (Å²) in [5.41, 5.74) is 3.58. The molecule has 0 bridgehead atoms. The molecule has 0 amide bonds. The van der Waals surface area contributed by atoms with Crippen LogP contribution in [0.1, 0.15) is 30.0 Å². The van der Waals surface area contributed by atoms with Gasteiger partial charge in [-0.25, -0.2) is 0 Å². The zero-order valence-electron chi connectivity index (χ0n) is 15.6. The molecule has 0 radical (unpaired) electrons. The van der Waals surface area contributed by atoms with Gasteiger partial charge < -0.3 is 9.88 Å². The van der Waals surface area contributed by atoms with Gasteiger partial charge in [0.25, 0.3) is 0 Å². The molecule has 1 aromatic carbocycles. The fraction of sp³-hybridized carbons (Fsp3) is 0.318. The number of piperidine rings is 1. The summed E-state index contributed by atoms with van der Waals surface area (Å²) < 4.78 is 39.7. The van der Waals surface area contributed by atoms with Crippen molar-refractivity contribution in [1.29, 1.82) is 0 Å². The van der Waals surface area contributed by atoms with Gasteiger partial charge in [0.1, 0.15) is 0 Å². The van der Waals surface area contributed by atoms with Crippen molar-refractivity contribution in [3.63, 3.8) is 0 Å². The predicted molar refractivity (Wildman–Crippen MR) is 104 cm³/mol. The maximum absolute atomic E-state index is 13.2. The SMILES string of the molecule is CN1CCC(c2cc(-c3ccncc3)c(-c3cccc(C(F)(F)F)c3)[nH]2)CC1. The van der Waals surface area contributed by atoms with E-state index in [0.717, 1.165) is 54.5 Å². The number of aromatic amines is 1. The normalized spacial score (nSPS) is 16.4. The third-order valence-electron chi connectivity index (χ3n) is 5.47. The van der Waals surface area contributed by atoms with Crippen molar-refractivity contribution in [3.8, 4) is 22.4 Å². The van der Waals surface area contributed by atoms with Crippen molar-refractivity contribution in [2.45, 2.75) is 24.9 Å². The Bertz CT molecular complexity index is 939. The van der Waals surface area contributed by atoms with E-state index < -0.39 is 11.7 Å². The first-order valence-electron chi connectivity index (χ1n) is 9.41. The monoisotopic (exact) mass is 385 g/mol. The first-order chi connectivity index (χ1) is 13.4. The average Bonchev–Trinajstić information content (AvgIpc) is 3.14. The smallest absolute Gasteiger partial charge is 0.358 e. The predicted octanol–water partition coefficient (Wildman–Crippen LogP) is 5.57. The molecule has 4 rings (SSSR count). The van der Waals surface area contributed by atoms with E-state index in [2.05, 4.69) is 28.0 Å². The Balaban J connectivity index is 1.79. The molecule has 1 fully saturated rings. The lowest BCUT2D eigenvalue weighted by atomic mass is 9.93. The minimum absolute atomic E-state index is 0.385. The number of alkyl halides is 3. The van der Waals surface area contributed by atoms with Crippen LogP contribution < -0.4 is 0 Å². The second kappa shape index (κ2) is 7.43. The highest BCUT2D eigenvalue weighted by atomic mass is 19.4. The molecule has 3 aromatic rings. The van der Waals surface area contributed by atoms with Crippen LogP contribution in [0.4, 0.5) is 13.2 Å². The van der Waals surface area contributed by atoms with E-state index in [1.165, 1.54) is 12.1 Å². The molecule has 28 heavy (non-hydrogen) atoms. The molecule has 3 heterocycles. The molecule has 146 valence electrons. The standard InChI is InChI=1S/C22H22F3N3/c1-28-11-7-16(8-12-28)20-14-19(15-5-9-26-10-6-15)21(27-20)17-3-2-4-18(13-17)22(23,24)25/h2-6,9-10,13-14,16,27H,7-8,11-12H2,1H3. The Kier molecular flexibility index (Phi) is 4.98. The number of aromatic nitrogens is 2. The molecule has 2 aromatic heterocycles. The van der Waals surface area contributed by atoms with E-state index in [1.54, 1.807) is 18.5 Å². The van der Waals surface area contributed by atoms with Crippen molar-refractivity contribution in [2.75, 3.05) is 20.1 Å². The van der Waals surface area contributed by atoms with Crippen molar-refractivity contribution in [1.82, 2.24) is 14.9 Å². The minimum atomic E-state index is -4.36. The van der Waals surface area contributed by atoms with Crippen LogP contribution in [0.2, 0.25) is 0 Å². The second-order valence-electron chi connectivity index (χ2n) is 7.41. The Labute approximate surface area is 162 Å². The van der Waals surface area contributed by atoms with Gasteiger partial charge in [-0.15, -0.1) is 0 Å². The number of benzene rings is 1. The quantitative estimate of drug-likeness (QED) is 0.639. The molecule has 0 spiro atoms. The van der Waals surface area contributed by atoms with Gasteiger partial charge in [-0.1, -0.05) is 12.1 Å². The van der Waals surface area contributed by atoms with E-state index in [-0.39, 0.29) is 0 Å². The van der Waals surface area contributed by atoms with E-state index in [9.17, 15) is 13.2 Å². The zero-order chi connectivity index (χ0) is 19.7. The van der Waals surface area contributed by atoms with Crippen LogP contribution in [0.25, 0.3) is 22.4 Å². The van der Waals surface area contributed by atoms with Crippen LogP contribution >= 0.6 is 0 Å². The van der Waals surface area contributed by atoms with Crippen LogP contribution in [0.15, 0.2) is 54.9 Å². The molecule has 3 nitrogen and oxygen atoms in total. The van der Waals surface area contributed by atoms with Gasteiger partial charge in [-0.05, 0) is 74.4 Å². The molecule has 1 aliphatic rings. The molecule has 0 atom stereocenters. The molecule has 1 aliphatic heterocycles. The van der Waals surface area contributed by atoms with Crippen molar-refractivity contribution < 1.29 is 13.2 Å². The summed E-state index contributed by atoms with van der Waals surface area (Å²) in [5, 5.41) is 0. The molecule has 0 aliphatic carbocycles. The van der Waals surface area contributed by atoms with Crippen LogP contribution in [-0.2, 0) is 6.18 Å². The highest BCUT2D eigenvalue weighted by molar-refractivity contribution is 5.82. The fourth-order valence-corrected chi connectivity index (χ4v) is 3.85. The highest BCUT2D eigenvalue weighted by Crippen LogP contribution is 2.39. The van der Waals surface area contributed by atoms with Gasteiger partial charge in [-0.2, -0.15) is 13.2 Å². The summed E-state index contributed by atoms with van der Waals surface area (Å²) in [6.07, 6.45) is 1.11. The number of nitrogens with one attached hydrogen (secondary N) is 1. The van der Waals surface area contributed by atoms with E-state index in [4.69, 9.17) is 0 Å². The molecule has 0 unspecified atom stereocenters. The number of nitrogens with zero attached hydrogens (tertiary/aromatic N) is 2.